The summed E-state index contributed by atoms with van der Waals surface area (Å²) in [6, 6.07) is 10.5. The fourth-order valence-corrected chi connectivity index (χ4v) is 2.35. The second kappa shape index (κ2) is 7.56. The lowest BCUT2D eigenvalue weighted by Gasteiger charge is -2.36. The van der Waals surface area contributed by atoms with Gasteiger partial charge in [0, 0.05) is 45.0 Å². The van der Waals surface area contributed by atoms with E-state index in [1.807, 2.05) is 6.07 Å². The minimum Gasteiger partial charge on any atom is -0.369 e. The van der Waals surface area contributed by atoms with Gasteiger partial charge < -0.3 is 10.2 Å². The molecule has 4 nitrogen and oxygen atoms in total. The fourth-order valence-electron chi connectivity index (χ4n) is 2.35. The van der Waals surface area contributed by atoms with Crippen molar-refractivity contribution in [2.45, 2.75) is 6.92 Å². The quantitative estimate of drug-likeness (QED) is 0.828. The number of benzene rings is 1. The van der Waals surface area contributed by atoms with Crippen LogP contribution in [0.1, 0.15) is 6.92 Å². The Balaban J connectivity index is 1.69. The largest absolute Gasteiger partial charge is 0.369 e. The highest BCUT2D eigenvalue weighted by molar-refractivity contribution is 5.93. The predicted octanol–water partition coefficient (Wildman–Crippen LogP) is 0.948. The molecule has 1 amide bonds. The molecular weight excluding hydrogens is 250 g/mol. The Bertz CT molecular complexity index is 481. The van der Waals surface area contributed by atoms with Crippen LogP contribution in [0.3, 0.4) is 0 Å². The number of carbonyl (C=O) groups is 1. The van der Waals surface area contributed by atoms with Crippen molar-refractivity contribution in [1.29, 1.82) is 0 Å². The van der Waals surface area contributed by atoms with E-state index in [1.54, 1.807) is 6.92 Å². The molecule has 1 aromatic carbocycles. The summed E-state index contributed by atoms with van der Waals surface area (Å²) in [4.78, 5) is 16.0. The van der Waals surface area contributed by atoms with Crippen molar-refractivity contribution in [2.75, 3.05) is 44.2 Å². The van der Waals surface area contributed by atoms with Gasteiger partial charge in [-0.25, -0.2) is 0 Å². The number of anilines is 1. The van der Waals surface area contributed by atoms with Gasteiger partial charge in [0.1, 0.15) is 0 Å². The normalized spacial score (nSPS) is 15.3. The second-order valence-corrected chi connectivity index (χ2v) is 4.80. The summed E-state index contributed by atoms with van der Waals surface area (Å²) in [6.07, 6.45) is 0. The van der Waals surface area contributed by atoms with Crippen LogP contribution in [0.25, 0.3) is 0 Å². The van der Waals surface area contributed by atoms with Crippen molar-refractivity contribution in [3.63, 3.8) is 0 Å². The highest BCUT2D eigenvalue weighted by Gasteiger charge is 2.16. The number of para-hydroxylation sites is 1. The van der Waals surface area contributed by atoms with E-state index in [2.05, 4.69) is 51.2 Å². The Morgan fingerprint density at radius 3 is 2.55 bits per heavy atom. The SMILES string of the molecule is CC#CC(=O)NCCN1CCN(c2ccccc2)CC1. The standard InChI is InChI=1S/C16H21N3O/c1-2-6-16(20)17-9-10-18-11-13-19(14-12-18)15-7-4-3-5-8-15/h3-5,7-8H,9-14H2,1H3,(H,17,20). The second-order valence-electron chi connectivity index (χ2n) is 4.80. The van der Waals surface area contributed by atoms with E-state index < -0.39 is 0 Å². The van der Waals surface area contributed by atoms with Crippen molar-refractivity contribution in [3.8, 4) is 11.8 Å². The van der Waals surface area contributed by atoms with Gasteiger partial charge in [0.05, 0.1) is 0 Å². The number of amides is 1. The molecule has 4 heteroatoms. The average molecular weight is 271 g/mol. The van der Waals surface area contributed by atoms with Crippen LogP contribution in [0, 0.1) is 11.8 Å². The van der Waals surface area contributed by atoms with Crippen molar-refractivity contribution in [2.24, 2.45) is 0 Å². The Morgan fingerprint density at radius 2 is 1.90 bits per heavy atom. The molecule has 2 rings (SSSR count). The number of piperazine rings is 1. The molecule has 0 radical (unpaired) electrons. The topological polar surface area (TPSA) is 35.6 Å². The first-order chi connectivity index (χ1) is 9.79. The molecule has 20 heavy (non-hydrogen) atoms. The summed E-state index contributed by atoms with van der Waals surface area (Å²) in [6.45, 7) is 7.36. The van der Waals surface area contributed by atoms with Crippen LogP contribution in [0.5, 0.6) is 0 Å². The first-order valence-electron chi connectivity index (χ1n) is 7.02. The number of hydrogen-bond donors (Lipinski definition) is 1. The van der Waals surface area contributed by atoms with Gasteiger partial charge >= 0.3 is 0 Å². The zero-order valence-electron chi connectivity index (χ0n) is 11.9. The molecule has 0 aliphatic carbocycles. The van der Waals surface area contributed by atoms with Crippen molar-refractivity contribution < 1.29 is 4.79 Å². The number of hydrogen-bond acceptors (Lipinski definition) is 3. The summed E-state index contributed by atoms with van der Waals surface area (Å²) >= 11 is 0. The first-order valence-corrected chi connectivity index (χ1v) is 7.02. The van der Waals surface area contributed by atoms with E-state index in [4.69, 9.17) is 0 Å². The number of carbonyl (C=O) groups excluding carboxylic acids is 1. The molecule has 0 atom stereocenters. The van der Waals surface area contributed by atoms with Crippen LogP contribution >= 0.6 is 0 Å². The summed E-state index contributed by atoms with van der Waals surface area (Å²) < 4.78 is 0. The van der Waals surface area contributed by atoms with E-state index in [0.29, 0.717) is 6.54 Å². The highest BCUT2D eigenvalue weighted by atomic mass is 16.1. The molecule has 0 aromatic heterocycles. The van der Waals surface area contributed by atoms with Crippen LogP contribution in [0.15, 0.2) is 30.3 Å². The third kappa shape index (κ3) is 4.29. The molecule has 0 spiro atoms. The predicted molar refractivity (Wildman–Crippen MR) is 81.6 cm³/mol. The molecule has 0 unspecified atom stereocenters. The zero-order chi connectivity index (χ0) is 14.2. The highest BCUT2D eigenvalue weighted by Crippen LogP contribution is 2.15. The molecule has 106 valence electrons. The molecule has 1 aliphatic heterocycles. The first kappa shape index (κ1) is 14.4. The monoisotopic (exact) mass is 271 g/mol. The number of rotatable bonds is 4. The molecule has 1 N–H and O–H groups in total. The summed E-state index contributed by atoms with van der Waals surface area (Å²) in [5.74, 6) is 4.90. The lowest BCUT2D eigenvalue weighted by molar-refractivity contribution is -0.115. The molecule has 1 aromatic rings. The molecule has 1 saturated heterocycles. The third-order valence-corrected chi connectivity index (χ3v) is 3.45. The van der Waals surface area contributed by atoms with Gasteiger partial charge in [-0.2, -0.15) is 0 Å². The molecule has 1 fully saturated rings. The van der Waals surface area contributed by atoms with Gasteiger partial charge in [0.25, 0.3) is 5.91 Å². The van der Waals surface area contributed by atoms with Crippen LogP contribution in [-0.2, 0) is 4.79 Å². The third-order valence-electron chi connectivity index (χ3n) is 3.45. The maximum Gasteiger partial charge on any atom is 0.295 e. The van der Waals surface area contributed by atoms with Crippen LogP contribution in [-0.4, -0.2) is 50.1 Å². The minimum atomic E-state index is -0.185. The molecule has 0 saturated carbocycles. The molecule has 1 heterocycles. The maximum absolute atomic E-state index is 11.2. The van der Waals surface area contributed by atoms with Gasteiger partial charge in [0.15, 0.2) is 0 Å². The van der Waals surface area contributed by atoms with Crippen molar-refractivity contribution >= 4 is 11.6 Å². The van der Waals surface area contributed by atoms with Crippen molar-refractivity contribution in [1.82, 2.24) is 10.2 Å². The van der Waals surface area contributed by atoms with E-state index in [-0.39, 0.29) is 5.91 Å². The van der Waals surface area contributed by atoms with E-state index in [1.165, 1.54) is 5.69 Å². The zero-order valence-corrected chi connectivity index (χ0v) is 11.9. The Hall–Kier alpha value is -1.99. The van der Waals surface area contributed by atoms with Crippen LogP contribution < -0.4 is 10.2 Å². The Morgan fingerprint density at radius 1 is 1.20 bits per heavy atom. The van der Waals surface area contributed by atoms with Crippen LogP contribution in [0.2, 0.25) is 0 Å². The van der Waals surface area contributed by atoms with Crippen LogP contribution in [0.4, 0.5) is 5.69 Å². The number of nitrogens with zero attached hydrogens (tertiary/aromatic N) is 2. The Labute approximate surface area is 120 Å². The summed E-state index contributed by atoms with van der Waals surface area (Å²) in [5, 5.41) is 2.81. The van der Waals surface area contributed by atoms with Gasteiger partial charge in [-0.15, -0.1) is 0 Å². The van der Waals surface area contributed by atoms with Crippen molar-refractivity contribution in [3.05, 3.63) is 30.3 Å². The lowest BCUT2D eigenvalue weighted by atomic mass is 10.2. The smallest absolute Gasteiger partial charge is 0.295 e. The summed E-state index contributed by atoms with van der Waals surface area (Å²) in [7, 11) is 0. The summed E-state index contributed by atoms with van der Waals surface area (Å²) in [5.41, 5.74) is 1.29. The maximum atomic E-state index is 11.2. The van der Waals surface area contributed by atoms with Gasteiger partial charge in [-0.05, 0) is 25.0 Å². The number of nitrogens with one attached hydrogen (secondary N) is 1. The minimum absolute atomic E-state index is 0.185. The van der Waals surface area contributed by atoms with E-state index in [9.17, 15) is 4.79 Å². The Kier molecular flexibility index (Phi) is 5.45. The average Bonchev–Trinajstić information content (AvgIpc) is 2.49. The molecule has 1 aliphatic rings. The molecular formula is C16H21N3O. The van der Waals surface area contributed by atoms with Gasteiger partial charge in [0.2, 0.25) is 0 Å². The molecule has 0 bridgehead atoms. The lowest BCUT2D eigenvalue weighted by Crippen LogP contribution is -2.48. The van der Waals surface area contributed by atoms with Gasteiger partial charge in [-0.3, -0.25) is 9.69 Å². The van der Waals surface area contributed by atoms with E-state index >= 15 is 0 Å². The fraction of sp³-hybridized carbons (Fsp3) is 0.438. The van der Waals surface area contributed by atoms with E-state index in [0.717, 1.165) is 32.7 Å². The van der Waals surface area contributed by atoms with Gasteiger partial charge in [-0.1, -0.05) is 24.1 Å².